The number of nitrogens with zero attached hydrogens (tertiary/aromatic N) is 2. The number of fused-ring (bicyclic) bond motifs is 1. The molecule has 1 aromatic carbocycles. The summed E-state index contributed by atoms with van der Waals surface area (Å²) in [6.45, 7) is 2.27. The van der Waals surface area contributed by atoms with Crippen LogP contribution in [0.1, 0.15) is 17.5 Å². The zero-order chi connectivity index (χ0) is 14.8. The van der Waals surface area contributed by atoms with Crippen LogP contribution in [0.5, 0.6) is 6.01 Å². The first-order valence-electron chi connectivity index (χ1n) is 6.22. The minimum Gasteiger partial charge on any atom is -0.463 e. The van der Waals surface area contributed by atoms with Gasteiger partial charge >= 0.3 is 6.01 Å². The van der Waals surface area contributed by atoms with Gasteiger partial charge in [-0.2, -0.15) is 4.98 Å². The van der Waals surface area contributed by atoms with Crippen molar-refractivity contribution in [3.8, 4) is 6.01 Å². The minimum absolute atomic E-state index is 0.181. The zero-order valence-electron chi connectivity index (χ0n) is 11.0. The van der Waals surface area contributed by atoms with Crippen molar-refractivity contribution < 1.29 is 13.9 Å². The molecule has 0 bridgehead atoms. The van der Waals surface area contributed by atoms with Gasteiger partial charge in [-0.1, -0.05) is 12.1 Å². The first-order valence-corrected chi connectivity index (χ1v) is 7.01. The van der Waals surface area contributed by atoms with Gasteiger partial charge in [0.15, 0.2) is 5.76 Å². The third-order valence-electron chi connectivity index (χ3n) is 2.69. The molecule has 0 spiro atoms. The number of anilines is 1. The molecule has 0 atom stereocenters. The van der Waals surface area contributed by atoms with E-state index in [1.54, 1.807) is 6.07 Å². The van der Waals surface area contributed by atoms with E-state index in [-0.39, 0.29) is 17.7 Å². The van der Waals surface area contributed by atoms with Gasteiger partial charge in [0.1, 0.15) is 5.58 Å². The topological polar surface area (TPSA) is 93.0 Å². The second-order valence-electron chi connectivity index (χ2n) is 4.12. The molecule has 1 amide bonds. The Morgan fingerprint density at radius 1 is 1.52 bits per heavy atom. The van der Waals surface area contributed by atoms with Crippen molar-refractivity contribution in [1.29, 1.82) is 0 Å². The summed E-state index contributed by atoms with van der Waals surface area (Å²) >= 11 is 3.38. The average Bonchev–Trinajstić information content (AvgIpc) is 3.07. The Labute approximate surface area is 127 Å². The number of amides is 1. The molecule has 0 radical (unpaired) electrons. The van der Waals surface area contributed by atoms with Crippen molar-refractivity contribution in [3.63, 3.8) is 0 Å². The fraction of sp³-hybridized carbons (Fsp3) is 0.154. The maximum absolute atomic E-state index is 12.1. The predicted molar refractivity (Wildman–Crippen MR) is 79.4 cm³/mol. The van der Waals surface area contributed by atoms with Gasteiger partial charge in [0.25, 0.3) is 5.91 Å². The molecule has 3 aromatic rings. The highest BCUT2D eigenvalue weighted by atomic mass is 79.9. The van der Waals surface area contributed by atoms with E-state index >= 15 is 0 Å². The summed E-state index contributed by atoms with van der Waals surface area (Å²) in [5.74, 6) is -0.0356. The van der Waals surface area contributed by atoms with Crippen LogP contribution < -0.4 is 10.1 Å². The van der Waals surface area contributed by atoms with Crippen LogP contribution in [0.15, 0.2) is 33.2 Å². The second-order valence-corrected chi connectivity index (χ2v) is 4.98. The number of rotatable bonds is 4. The second kappa shape index (κ2) is 5.57. The Hall–Kier alpha value is -2.35. The lowest BCUT2D eigenvalue weighted by atomic mass is 10.2. The van der Waals surface area contributed by atoms with Crippen LogP contribution in [-0.4, -0.2) is 27.7 Å². The first kappa shape index (κ1) is 13.6. The number of aromatic nitrogens is 3. The van der Waals surface area contributed by atoms with Gasteiger partial charge in [0.05, 0.1) is 11.1 Å². The Morgan fingerprint density at radius 3 is 3.14 bits per heavy atom. The Balaban J connectivity index is 1.81. The number of nitrogens with one attached hydrogen (secondary N) is 2. The molecule has 21 heavy (non-hydrogen) atoms. The van der Waals surface area contributed by atoms with E-state index in [0.717, 1.165) is 9.86 Å². The van der Waals surface area contributed by atoms with Crippen LogP contribution in [0.25, 0.3) is 11.0 Å². The van der Waals surface area contributed by atoms with E-state index in [9.17, 15) is 4.79 Å². The molecule has 2 aromatic heterocycles. The molecule has 0 saturated heterocycles. The van der Waals surface area contributed by atoms with Gasteiger partial charge in [-0.25, -0.2) is 5.10 Å². The van der Waals surface area contributed by atoms with E-state index < -0.39 is 5.91 Å². The Kier molecular flexibility index (Phi) is 3.61. The van der Waals surface area contributed by atoms with Crippen LogP contribution in [0.3, 0.4) is 0 Å². The van der Waals surface area contributed by atoms with Gasteiger partial charge in [-0.05, 0) is 35.0 Å². The van der Waals surface area contributed by atoms with Gasteiger partial charge in [0, 0.05) is 5.39 Å². The summed E-state index contributed by atoms with van der Waals surface area (Å²) in [6, 6.07) is 7.42. The van der Waals surface area contributed by atoms with Crippen LogP contribution in [0.2, 0.25) is 0 Å². The molecule has 7 nitrogen and oxygen atoms in total. The van der Waals surface area contributed by atoms with Crippen molar-refractivity contribution in [3.05, 3.63) is 34.5 Å². The molecule has 2 N–H and O–H groups in total. The lowest BCUT2D eigenvalue weighted by Gasteiger charge is -1.97. The number of furan rings is 1. The third kappa shape index (κ3) is 2.75. The van der Waals surface area contributed by atoms with Crippen LogP contribution >= 0.6 is 15.9 Å². The summed E-state index contributed by atoms with van der Waals surface area (Å²) in [6.07, 6.45) is 0. The molecule has 8 heteroatoms. The standard InChI is InChI=1S/C13H11BrN4O3/c1-2-20-13-16-12(17-18-13)15-11(19)9-6-7-4-3-5-8(14)10(7)21-9/h3-6H,2H2,1H3,(H2,15,16,17,18,19). The van der Waals surface area contributed by atoms with Gasteiger partial charge in [-0.15, -0.1) is 5.10 Å². The van der Waals surface area contributed by atoms with Crippen molar-refractivity contribution in [2.75, 3.05) is 11.9 Å². The fourth-order valence-corrected chi connectivity index (χ4v) is 2.27. The van der Waals surface area contributed by atoms with Gasteiger partial charge in [-0.3, -0.25) is 10.1 Å². The maximum atomic E-state index is 12.1. The molecule has 0 fully saturated rings. The number of benzene rings is 1. The highest BCUT2D eigenvalue weighted by Crippen LogP contribution is 2.27. The molecule has 0 unspecified atom stereocenters. The smallest absolute Gasteiger partial charge is 0.337 e. The van der Waals surface area contributed by atoms with E-state index in [1.165, 1.54) is 0 Å². The quantitative estimate of drug-likeness (QED) is 0.754. The van der Waals surface area contributed by atoms with Crippen molar-refractivity contribution >= 4 is 38.8 Å². The molecular weight excluding hydrogens is 340 g/mol. The maximum Gasteiger partial charge on any atom is 0.337 e. The molecule has 0 aliphatic rings. The van der Waals surface area contributed by atoms with E-state index in [0.29, 0.717) is 12.2 Å². The summed E-state index contributed by atoms with van der Waals surface area (Å²) in [5, 5.41) is 9.76. The predicted octanol–water partition coefficient (Wildman–Crippen LogP) is 2.96. The zero-order valence-corrected chi connectivity index (χ0v) is 12.6. The van der Waals surface area contributed by atoms with Crippen LogP contribution in [0.4, 0.5) is 5.95 Å². The van der Waals surface area contributed by atoms with Crippen molar-refractivity contribution in [2.45, 2.75) is 6.92 Å². The normalized spacial score (nSPS) is 10.8. The molecule has 0 saturated carbocycles. The lowest BCUT2D eigenvalue weighted by Crippen LogP contribution is -2.12. The number of H-pyrrole nitrogens is 1. The Morgan fingerprint density at radius 2 is 2.38 bits per heavy atom. The number of halogens is 1. The van der Waals surface area contributed by atoms with Gasteiger partial charge < -0.3 is 9.15 Å². The Bertz CT molecular complexity index is 796. The largest absolute Gasteiger partial charge is 0.463 e. The fourth-order valence-electron chi connectivity index (χ4n) is 1.80. The summed E-state index contributed by atoms with van der Waals surface area (Å²) in [4.78, 5) is 16.1. The minimum atomic E-state index is -0.419. The van der Waals surface area contributed by atoms with Crippen molar-refractivity contribution in [2.24, 2.45) is 0 Å². The number of hydrogen-bond donors (Lipinski definition) is 2. The summed E-state index contributed by atoms with van der Waals surface area (Å²) in [5.41, 5.74) is 0.621. The monoisotopic (exact) mass is 350 g/mol. The highest BCUT2D eigenvalue weighted by Gasteiger charge is 2.15. The van der Waals surface area contributed by atoms with E-state index in [1.807, 2.05) is 25.1 Å². The molecule has 3 rings (SSSR count). The summed E-state index contributed by atoms with van der Waals surface area (Å²) in [7, 11) is 0. The number of ether oxygens (including phenoxy) is 1. The number of carbonyl (C=O) groups is 1. The van der Waals surface area contributed by atoms with E-state index in [4.69, 9.17) is 9.15 Å². The molecule has 108 valence electrons. The van der Waals surface area contributed by atoms with Crippen molar-refractivity contribution in [1.82, 2.24) is 15.2 Å². The molecule has 0 aliphatic heterocycles. The molecular formula is C13H11BrN4O3. The number of carbonyl (C=O) groups excluding carboxylic acids is 1. The number of para-hydroxylation sites is 1. The van der Waals surface area contributed by atoms with E-state index in [2.05, 4.69) is 36.4 Å². The first-order chi connectivity index (χ1) is 10.2. The van der Waals surface area contributed by atoms with Crippen LogP contribution in [0, 0.1) is 0 Å². The SMILES string of the molecule is CCOc1n[nH]c(NC(=O)c2cc3cccc(Br)c3o2)n1. The van der Waals surface area contributed by atoms with Crippen LogP contribution in [-0.2, 0) is 0 Å². The third-order valence-corrected chi connectivity index (χ3v) is 3.31. The molecule has 0 aliphatic carbocycles. The number of aromatic amines is 1. The number of hydrogen-bond acceptors (Lipinski definition) is 5. The highest BCUT2D eigenvalue weighted by molar-refractivity contribution is 9.10. The molecule has 2 heterocycles. The average molecular weight is 351 g/mol. The lowest BCUT2D eigenvalue weighted by molar-refractivity contribution is 0.0998. The van der Waals surface area contributed by atoms with Gasteiger partial charge in [0.2, 0.25) is 5.95 Å². The summed E-state index contributed by atoms with van der Waals surface area (Å²) < 4.78 is 11.4.